The van der Waals surface area contributed by atoms with Crippen LogP contribution < -0.4 is 10.6 Å². The smallest absolute Gasteiger partial charge is 0.262 e. The molecule has 0 saturated carbocycles. The van der Waals surface area contributed by atoms with Crippen molar-refractivity contribution in [3.63, 3.8) is 0 Å². The SMILES string of the molecule is Cc1cc(NC(=O)C(C)(C)C)sc1C(=O)NC(C)(C)CC(C)(C)C. The molecule has 1 aromatic rings. The molecule has 0 saturated heterocycles. The highest BCUT2D eigenvalue weighted by atomic mass is 32.1. The quantitative estimate of drug-likeness (QED) is 0.802. The molecular formula is C19H32N2O2S. The van der Waals surface area contributed by atoms with E-state index < -0.39 is 5.41 Å². The van der Waals surface area contributed by atoms with E-state index in [1.807, 2.05) is 47.6 Å². The van der Waals surface area contributed by atoms with E-state index in [0.717, 1.165) is 12.0 Å². The molecule has 0 aliphatic carbocycles. The molecule has 0 aromatic carbocycles. The molecule has 2 amide bonds. The first-order valence-electron chi connectivity index (χ1n) is 8.35. The van der Waals surface area contributed by atoms with Crippen LogP contribution in [0.15, 0.2) is 6.07 Å². The number of thiophene rings is 1. The summed E-state index contributed by atoms with van der Waals surface area (Å²) in [6.07, 6.45) is 0.879. The highest BCUT2D eigenvalue weighted by Crippen LogP contribution is 2.30. The Kier molecular flexibility index (Phi) is 5.92. The average molecular weight is 353 g/mol. The Morgan fingerprint density at radius 2 is 1.58 bits per heavy atom. The Bertz CT molecular complexity index is 616. The van der Waals surface area contributed by atoms with Gasteiger partial charge < -0.3 is 10.6 Å². The Balaban J connectivity index is 2.88. The highest BCUT2D eigenvalue weighted by molar-refractivity contribution is 7.18. The van der Waals surface area contributed by atoms with E-state index in [1.54, 1.807) is 0 Å². The van der Waals surface area contributed by atoms with Crippen LogP contribution in [0, 0.1) is 17.8 Å². The standard InChI is InChI=1S/C19H32N2O2S/c1-12-10-13(20-16(23)18(5,6)7)24-14(12)15(22)21-19(8,9)11-17(2,3)4/h10H,11H2,1-9H3,(H,20,23)(H,21,22). The number of carbonyl (C=O) groups is 2. The lowest BCUT2D eigenvalue weighted by Crippen LogP contribution is -2.45. The molecule has 0 fully saturated rings. The van der Waals surface area contributed by atoms with Crippen molar-refractivity contribution in [2.75, 3.05) is 5.32 Å². The normalized spacial score (nSPS) is 12.9. The second kappa shape index (κ2) is 6.87. The number of rotatable bonds is 4. The summed E-state index contributed by atoms with van der Waals surface area (Å²) in [4.78, 5) is 25.4. The topological polar surface area (TPSA) is 58.2 Å². The molecule has 4 nitrogen and oxygen atoms in total. The van der Waals surface area contributed by atoms with Crippen LogP contribution in [-0.4, -0.2) is 17.4 Å². The summed E-state index contributed by atoms with van der Waals surface area (Å²) in [6, 6.07) is 1.86. The Labute approximate surface area is 150 Å². The Morgan fingerprint density at radius 3 is 2.04 bits per heavy atom. The molecule has 0 atom stereocenters. The van der Waals surface area contributed by atoms with Crippen LogP contribution in [0.3, 0.4) is 0 Å². The van der Waals surface area contributed by atoms with Gasteiger partial charge in [0.1, 0.15) is 0 Å². The van der Waals surface area contributed by atoms with E-state index in [9.17, 15) is 9.59 Å². The summed E-state index contributed by atoms with van der Waals surface area (Å²) < 4.78 is 0. The summed E-state index contributed by atoms with van der Waals surface area (Å²) in [6.45, 7) is 18.1. The molecular weight excluding hydrogens is 320 g/mol. The fourth-order valence-corrected chi connectivity index (χ4v) is 3.77. The highest BCUT2D eigenvalue weighted by Gasteiger charge is 2.29. The Morgan fingerprint density at radius 1 is 1.04 bits per heavy atom. The molecule has 2 N–H and O–H groups in total. The number of aryl methyl sites for hydroxylation is 1. The van der Waals surface area contributed by atoms with E-state index >= 15 is 0 Å². The molecule has 5 heteroatoms. The summed E-state index contributed by atoms with van der Waals surface area (Å²) >= 11 is 1.33. The maximum absolute atomic E-state index is 12.6. The predicted octanol–water partition coefficient (Wildman–Crippen LogP) is 4.99. The molecule has 136 valence electrons. The second-order valence-corrected chi connectivity index (χ2v) is 10.5. The van der Waals surface area contributed by atoms with Crippen molar-refractivity contribution in [1.29, 1.82) is 0 Å². The van der Waals surface area contributed by atoms with Crippen LogP contribution in [0.25, 0.3) is 0 Å². The maximum Gasteiger partial charge on any atom is 0.262 e. The predicted molar refractivity (Wildman–Crippen MR) is 103 cm³/mol. The van der Waals surface area contributed by atoms with Crippen molar-refractivity contribution in [2.24, 2.45) is 10.8 Å². The summed E-state index contributed by atoms with van der Waals surface area (Å²) in [5.41, 5.74) is 0.260. The van der Waals surface area contributed by atoms with Gasteiger partial charge in [-0.15, -0.1) is 11.3 Å². The van der Waals surface area contributed by atoms with Crippen LogP contribution in [0.4, 0.5) is 5.00 Å². The largest absolute Gasteiger partial charge is 0.346 e. The first kappa shape index (κ1) is 20.7. The van der Waals surface area contributed by atoms with Gasteiger partial charge in [0.25, 0.3) is 5.91 Å². The van der Waals surface area contributed by atoms with Crippen molar-refractivity contribution in [1.82, 2.24) is 5.32 Å². The van der Waals surface area contributed by atoms with Crippen molar-refractivity contribution < 1.29 is 9.59 Å². The molecule has 0 unspecified atom stereocenters. The van der Waals surface area contributed by atoms with Gasteiger partial charge in [0.2, 0.25) is 5.91 Å². The molecule has 1 rings (SSSR count). The zero-order valence-corrected chi connectivity index (χ0v) is 17.3. The fourth-order valence-electron chi connectivity index (χ4n) is 2.80. The van der Waals surface area contributed by atoms with Crippen LogP contribution in [0.2, 0.25) is 0 Å². The number of carbonyl (C=O) groups excluding carboxylic acids is 2. The van der Waals surface area contributed by atoms with Gasteiger partial charge in [-0.05, 0) is 44.2 Å². The zero-order chi connectivity index (χ0) is 18.9. The third kappa shape index (κ3) is 6.27. The van der Waals surface area contributed by atoms with Gasteiger partial charge in [0.15, 0.2) is 0 Å². The van der Waals surface area contributed by atoms with Gasteiger partial charge in [-0.2, -0.15) is 0 Å². The third-order valence-electron chi connectivity index (χ3n) is 3.47. The van der Waals surface area contributed by atoms with Crippen molar-refractivity contribution in [3.05, 3.63) is 16.5 Å². The van der Waals surface area contributed by atoms with Gasteiger partial charge in [0, 0.05) is 11.0 Å². The minimum Gasteiger partial charge on any atom is -0.346 e. The van der Waals surface area contributed by atoms with Crippen LogP contribution in [0.1, 0.15) is 77.0 Å². The molecule has 1 aromatic heterocycles. The lowest BCUT2D eigenvalue weighted by molar-refractivity contribution is -0.123. The van der Waals surface area contributed by atoms with Gasteiger partial charge in [-0.3, -0.25) is 9.59 Å². The number of hydrogen-bond donors (Lipinski definition) is 2. The van der Waals surface area contributed by atoms with Crippen molar-refractivity contribution >= 4 is 28.2 Å². The lowest BCUT2D eigenvalue weighted by Gasteiger charge is -2.33. The first-order chi connectivity index (χ1) is 10.6. The summed E-state index contributed by atoms with van der Waals surface area (Å²) in [5.74, 6) is -0.133. The molecule has 1 heterocycles. The fraction of sp³-hybridized carbons (Fsp3) is 0.684. The number of hydrogen-bond acceptors (Lipinski definition) is 3. The number of amides is 2. The van der Waals surface area contributed by atoms with Crippen LogP contribution in [0.5, 0.6) is 0 Å². The molecule has 0 radical (unpaired) electrons. The molecule has 0 aliphatic heterocycles. The Hall–Kier alpha value is -1.36. The summed E-state index contributed by atoms with van der Waals surface area (Å²) in [7, 11) is 0. The van der Waals surface area contributed by atoms with Crippen molar-refractivity contribution in [3.8, 4) is 0 Å². The molecule has 0 spiro atoms. The minimum atomic E-state index is -0.463. The van der Waals surface area contributed by atoms with E-state index in [-0.39, 0.29) is 22.8 Å². The second-order valence-electron chi connectivity index (χ2n) is 9.40. The van der Waals surface area contributed by atoms with Crippen LogP contribution >= 0.6 is 11.3 Å². The number of anilines is 1. The monoisotopic (exact) mass is 352 g/mol. The van der Waals surface area contributed by atoms with E-state index in [0.29, 0.717) is 9.88 Å². The molecule has 0 bridgehead atoms. The van der Waals surface area contributed by atoms with E-state index in [4.69, 9.17) is 0 Å². The maximum atomic E-state index is 12.6. The summed E-state index contributed by atoms with van der Waals surface area (Å²) in [5, 5.41) is 6.74. The van der Waals surface area contributed by atoms with Gasteiger partial charge in [0.05, 0.1) is 9.88 Å². The van der Waals surface area contributed by atoms with Gasteiger partial charge >= 0.3 is 0 Å². The van der Waals surface area contributed by atoms with E-state index in [2.05, 4.69) is 31.4 Å². The lowest BCUT2D eigenvalue weighted by atomic mass is 9.82. The average Bonchev–Trinajstić information content (AvgIpc) is 2.64. The zero-order valence-electron chi connectivity index (χ0n) is 16.5. The van der Waals surface area contributed by atoms with Gasteiger partial charge in [-0.1, -0.05) is 41.5 Å². The molecule has 24 heavy (non-hydrogen) atoms. The van der Waals surface area contributed by atoms with E-state index in [1.165, 1.54) is 11.3 Å². The number of nitrogens with one attached hydrogen (secondary N) is 2. The molecule has 0 aliphatic rings. The van der Waals surface area contributed by atoms with Crippen molar-refractivity contribution in [2.45, 2.75) is 74.3 Å². The third-order valence-corrected chi connectivity index (χ3v) is 4.62. The van der Waals surface area contributed by atoms with Gasteiger partial charge in [-0.25, -0.2) is 0 Å². The minimum absolute atomic E-state index is 0.0521. The van der Waals surface area contributed by atoms with Crippen LogP contribution in [-0.2, 0) is 4.79 Å². The first-order valence-corrected chi connectivity index (χ1v) is 9.17.